The SMILES string of the molecule is O=C(CN(Cc1ccc(Cl)cc1)S(=O)(=O)c1ccc(Cl)cc1)N/N=C\c1ccccc1F. The van der Waals surface area contributed by atoms with Gasteiger partial charge in [0.1, 0.15) is 5.82 Å². The summed E-state index contributed by atoms with van der Waals surface area (Å²) in [5, 5.41) is 4.60. The van der Waals surface area contributed by atoms with Gasteiger partial charge < -0.3 is 0 Å². The molecule has 10 heteroatoms. The van der Waals surface area contributed by atoms with Gasteiger partial charge in [-0.05, 0) is 48.0 Å². The Morgan fingerprint density at radius 1 is 0.969 bits per heavy atom. The van der Waals surface area contributed by atoms with Crippen LogP contribution in [0.25, 0.3) is 0 Å². The molecule has 1 N–H and O–H groups in total. The van der Waals surface area contributed by atoms with E-state index in [1.54, 1.807) is 30.3 Å². The van der Waals surface area contributed by atoms with Gasteiger partial charge in [-0.3, -0.25) is 4.79 Å². The van der Waals surface area contributed by atoms with E-state index in [1.807, 2.05) is 0 Å². The van der Waals surface area contributed by atoms with Crippen LogP contribution in [0.5, 0.6) is 0 Å². The van der Waals surface area contributed by atoms with Gasteiger partial charge in [-0.2, -0.15) is 9.41 Å². The van der Waals surface area contributed by atoms with E-state index >= 15 is 0 Å². The zero-order chi connectivity index (χ0) is 23.1. The lowest BCUT2D eigenvalue weighted by Gasteiger charge is -2.21. The standard InChI is InChI=1S/C22H18Cl2FN3O3S/c23-18-7-5-16(6-8-18)14-28(32(30,31)20-11-9-19(24)10-12-20)15-22(29)27-26-13-17-3-1-2-4-21(17)25/h1-13H,14-15H2,(H,27,29)/b26-13-. The summed E-state index contributed by atoms with van der Waals surface area (Å²) < 4.78 is 41.0. The van der Waals surface area contributed by atoms with Crippen molar-refractivity contribution >= 4 is 45.3 Å². The van der Waals surface area contributed by atoms with Gasteiger partial charge in [0, 0.05) is 22.2 Å². The van der Waals surface area contributed by atoms with E-state index in [2.05, 4.69) is 10.5 Å². The molecule has 0 bridgehead atoms. The van der Waals surface area contributed by atoms with Gasteiger partial charge in [-0.1, -0.05) is 53.5 Å². The van der Waals surface area contributed by atoms with Gasteiger partial charge in [0.2, 0.25) is 10.0 Å². The van der Waals surface area contributed by atoms with E-state index < -0.39 is 28.3 Å². The maximum Gasteiger partial charge on any atom is 0.255 e. The number of benzene rings is 3. The highest BCUT2D eigenvalue weighted by atomic mass is 35.5. The lowest BCUT2D eigenvalue weighted by Crippen LogP contribution is -2.39. The fourth-order valence-corrected chi connectivity index (χ4v) is 4.36. The molecule has 0 radical (unpaired) electrons. The van der Waals surface area contributed by atoms with Gasteiger partial charge >= 0.3 is 0 Å². The molecule has 3 rings (SSSR count). The first-order valence-electron chi connectivity index (χ1n) is 9.32. The second-order valence-electron chi connectivity index (χ2n) is 6.67. The first kappa shape index (κ1) is 23.9. The quantitative estimate of drug-likeness (QED) is 0.371. The first-order chi connectivity index (χ1) is 15.3. The first-order valence-corrected chi connectivity index (χ1v) is 11.5. The van der Waals surface area contributed by atoms with Crippen LogP contribution < -0.4 is 5.43 Å². The van der Waals surface area contributed by atoms with Crippen LogP contribution in [0.2, 0.25) is 10.0 Å². The van der Waals surface area contributed by atoms with Crippen molar-refractivity contribution in [2.24, 2.45) is 5.10 Å². The summed E-state index contributed by atoms with van der Waals surface area (Å²) in [6.45, 7) is -0.589. The number of halogens is 3. The summed E-state index contributed by atoms with van der Waals surface area (Å²) in [4.78, 5) is 12.4. The van der Waals surface area contributed by atoms with Gasteiger partial charge in [-0.15, -0.1) is 0 Å². The second kappa shape index (κ2) is 10.7. The minimum absolute atomic E-state index is 0.0153. The Labute approximate surface area is 195 Å². The number of hydrogen-bond donors (Lipinski definition) is 1. The summed E-state index contributed by atoms with van der Waals surface area (Å²) in [5.41, 5.74) is 3.05. The Morgan fingerprint density at radius 3 is 2.19 bits per heavy atom. The predicted octanol–water partition coefficient (Wildman–Crippen LogP) is 4.47. The molecule has 0 saturated carbocycles. The van der Waals surface area contributed by atoms with Crippen molar-refractivity contribution in [2.45, 2.75) is 11.4 Å². The van der Waals surface area contributed by atoms with E-state index in [9.17, 15) is 17.6 Å². The maximum atomic E-state index is 13.7. The smallest absolute Gasteiger partial charge is 0.255 e. The minimum atomic E-state index is -4.04. The number of nitrogens with one attached hydrogen (secondary N) is 1. The number of carbonyl (C=O) groups excluding carboxylic acids is 1. The van der Waals surface area contributed by atoms with Crippen molar-refractivity contribution in [3.63, 3.8) is 0 Å². The molecular formula is C22H18Cl2FN3O3S. The number of rotatable bonds is 8. The molecule has 0 heterocycles. The molecule has 6 nitrogen and oxygen atoms in total. The van der Waals surface area contributed by atoms with Crippen molar-refractivity contribution in [1.29, 1.82) is 0 Å². The fourth-order valence-electron chi connectivity index (χ4n) is 2.72. The van der Waals surface area contributed by atoms with E-state index in [0.717, 1.165) is 10.5 Å². The summed E-state index contributed by atoms with van der Waals surface area (Å²) in [6, 6.07) is 18.1. The average Bonchev–Trinajstić information content (AvgIpc) is 2.76. The van der Waals surface area contributed by atoms with Gasteiger partial charge in [0.25, 0.3) is 5.91 Å². The second-order valence-corrected chi connectivity index (χ2v) is 9.48. The highest BCUT2D eigenvalue weighted by Gasteiger charge is 2.27. The van der Waals surface area contributed by atoms with Gasteiger partial charge in [-0.25, -0.2) is 18.2 Å². The van der Waals surface area contributed by atoms with Crippen molar-refractivity contribution < 1.29 is 17.6 Å². The molecule has 0 saturated heterocycles. The van der Waals surface area contributed by atoms with Gasteiger partial charge in [0.05, 0.1) is 17.7 Å². The molecule has 0 aromatic heterocycles. The third kappa shape index (κ3) is 6.37. The number of carbonyl (C=O) groups is 1. The van der Waals surface area contributed by atoms with Crippen LogP contribution in [-0.4, -0.2) is 31.4 Å². The normalized spacial score (nSPS) is 11.8. The van der Waals surface area contributed by atoms with Crippen molar-refractivity contribution in [2.75, 3.05) is 6.54 Å². The molecule has 0 aliphatic rings. The van der Waals surface area contributed by atoms with Crippen LogP contribution in [0.3, 0.4) is 0 Å². The number of amides is 1. The summed E-state index contributed by atoms with van der Waals surface area (Å²) in [7, 11) is -4.04. The Kier molecular flexibility index (Phi) is 7.98. The predicted molar refractivity (Wildman–Crippen MR) is 123 cm³/mol. The van der Waals surface area contributed by atoms with E-state index in [4.69, 9.17) is 23.2 Å². The Hall–Kier alpha value is -2.78. The Morgan fingerprint density at radius 2 is 1.56 bits per heavy atom. The van der Waals surface area contributed by atoms with Crippen LogP contribution in [0, 0.1) is 5.82 Å². The van der Waals surface area contributed by atoms with Crippen molar-refractivity contribution in [3.8, 4) is 0 Å². The van der Waals surface area contributed by atoms with E-state index in [0.29, 0.717) is 15.6 Å². The lowest BCUT2D eigenvalue weighted by atomic mass is 10.2. The number of hydrazone groups is 1. The molecule has 0 atom stereocenters. The summed E-state index contributed by atoms with van der Waals surface area (Å²) in [5.74, 6) is -1.19. The molecule has 0 aliphatic heterocycles. The van der Waals surface area contributed by atoms with Crippen LogP contribution in [0.4, 0.5) is 4.39 Å². The summed E-state index contributed by atoms with van der Waals surface area (Å²) >= 11 is 11.8. The molecule has 3 aromatic rings. The summed E-state index contributed by atoms with van der Waals surface area (Å²) in [6.07, 6.45) is 1.14. The number of sulfonamides is 1. The Balaban J connectivity index is 1.80. The third-order valence-electron chi connectivity index (χ3n) is 4.34. The van der Waals surface area contributed by atoms with Crippen LogP contribution in [0.1, 0.15) is 11.1 Å². The number of hydrogen-bond acceptors (Lipinski definition) is 4. The molecule has 1 amide bonds. The highest BCUT2D eigenvalue weighted by Crippen LogP contribution is 2.21. The molecular weight excluding hydrogens is 476 g/mol. The molecule has 166 valence electrons. The lowest BCUT2D eigenvalue weighted by molar-refractivity contribution is -0.121. The van der Waals surface area contributed by atoms with Crippen molar-refractivity contribution in [1.82, 2.24) is 9.73 Å². The van der Waals surface area contributed by atoms with Gasteiger partial charge in [0.15, 0.2) is 0 Å². The topological polar surface area (TPSA) is 78.8 Å². The zero-order valence-electron chi connectivity index (χ0n) is 16.6. The largest absolute Gasteiger partial charge is 0.272 e. The molecule has 0 aliphatic carbocycles. The minimum Gasteiger partial charge on any atom is -0.272 e. The molecule has 3 aromatic carbocycles. The molecule has 0 fully saturated rings. The molecule has 0 spiro atoms. The van der Waals surface area contributed by atoms with E-state index in [1.165, 1.54) is 42.5 Å². The number of nitrogens with zero attached hydrogens (tertiary/aromatic N) is 2. The maximum absolute atomic E-state index is 13.7. The van der Waals surface area contributed by atoms with Crippen LogP contribution in [-0.2, 0) is 21.4 Å². The monoisotopic (exact) mass is 493 g/mol. The molecule has 32 heavy (non-hydrogen) atoms. The van der Waals surface area contributed by atoms with Crippen LogP contribution >= 0.6 is 23.2 Å². The van der Waals surface area contributed by atoms with Crippen LogP contribution in [0.15, 0.2) is 82.8 Å². The average molecular weight is 494 g/mol. The zero-order valence-corrected chi connectivity index (χ0v) is 18.9. The Bertz CT molecular complexity index is 1220. The molecule has 0 unspecified atom stereocenters. The van der Waals surface area contributed by atoms with E-state index in [-0.39, 0.29) is 17.0 Å². The van der Waals surface area contributed by atoms with Crippen molar-refractivity contribution in [3.05, 3.63) is 99.8 Å². The highest BCUT2D eigenvalue weighted by molar-refractivity contribution is 7.89. The third-order valence-corrected chi connectivity index (χ3v) is 6.65. The fraction of sp³-hybridized carbons (Fsp3) is 0.0909.